The highest BCUT2D eigenvalue weighted by molar-refractivity contribution is 5.88. The molecule has 2 heterocycles. The molecule has 0 unspecified atom stereocenters. The minimum Gasteiger partial charge on any atom is -0.497 e. The second kappa shape index (κ2) is 5.44. The first-order chi connectivity index (χ1) is 10.7. The van der Waals surface area contributed by atoms with Gasteiger partial charge in [0.2, 0.25) is 0 Å². The number of aromatic nitrogens is 4. The summed E-state index contributed by atoms with van der Waals surface area (Å²) in [5.74, 6) is 0.240. The van der Waals surface area contributed by atoms with E-state index in [0.29, 0.717) is 11.3 Å². The number of hydrogen-bond acceptors (Lipinski definition) is 6. The van der Waals surface area contributed by atoms with Crippen molar-refractivity contribution in [1.82, 2.24) is 19.8 Å². The summed E-state index contributed by atoms with van der Waals surface area (Å²) in [6, 6.07) is 7.56. The third kappa shape index (κ3) is 2.16. The molecule has 0 N–H and O–H groups in total. The molecule has 0 aliphatic carbocycles. The van der Waals surface area contributed by atoms with Gasteiger partial charge in [0.05, 0.1) is 26.1 Å². The van der Waals surface area contributed by atoms with E-state index in [9.17, 15) is 4.79 Å². The number of aryl methyl sites for hydroxylation is 1. The van der Waals surface area contributed by atoms with E-state index in [0.717, 1.165) is 16.9 Å². The number of methoxy groups -OCH3 is 2. The summed E-state index contributed by atoms with van der Waals surface area (Å²) in [4.78, 5) is 11.6. The molecule has 0 fully saturated rings. The van der Waals surface area contributed by atoms with Crippen molar-refractivity contribution >= 4 is 11.6 Å². The van der Waals surface area contributed by atoms with E-state index in [1.807, 2.05) is 24.3 Å². The second-order valence-corrected chi connectivity index (χ2v) is 4.65. The summed E-state index contributed by atoms with van der Waals surface area (Å²) >= 11 is 0. The Balaban J connectivity index is 2.12. The lowest BCUT2D eigenvalue weighted by molar-refractivity contribution is 0.0590. The Morgan fingerprint density at radius 3 is 2.50 bits per heavy atom. The molecule has 0 saturated carbocycles. The number of ether oxygens (including phenoxy) is 2. The van der Waals surface area contributed by atoms with E-state index >= 15 is 0 Å². The van der Waals surface area contributed by atoms with Crippen molar-refractivity contribution in [3.8, 4) is 16.9 Å². The average molecular weight is 298 g/mol. The van der Waals surface area contributed by atoms with Crippen LogP contribution >= 0.6 is 0 Å². The monoisotopic (exact) mass is 298 g/mol. The van der Waals surface area contributed by atoms with Crippen molar-refractivity contribution < 1.29 is 14.3 Å². The van der Waals surface area contributed by atoms with Crippen molar-refractivity contribution in [3.63, 3.8) is 0 Å². The van der Waals surface area contributed by atoms with Gasteiger partial charge in [0.1, 0.15) is 5.75 Å². The lowest BCUT2D eigenvalue weighted by Crippen LogP contribution is -2.12. The van der Waals surface area contributed by atoms with Crippen molar-refractivity contribution in [2.45, 2.75) is 6.92 Å². The second-order valence-electron chi connectivity index (χ2n) is 4.65. The Hall–Kier alpha value is -2.96. The van der Waals surface area contributed by atoms with Gasteiger partial charge in [-0.3, -0.25) is 0 Å². The standard InChI is InChI=1S/C15H14N4O3/c1-9-13(15(20)22-3)17-18-14-12(8-16-19(9)14)10-4-6-11(21-2)7-5-10/h4-8H,1-3H3. The highest BCUT2D eigenvalue weighted by atomic mass is 16.5. The molecule has 0 saturated heterocycles. The van der Waals surface area contributed by atoms with Gasteiger partial charge in [0, 0.05) is 5.56 Å². The molecule has 112 valence electrons. The molecule has 0 atom stereocenters. The summed E-state index contributed by atoms with van der Waals surface area (Å²) in [7, 11) is 2.92. The molecule has 3 rings (SSSR count). The quantitative estimate of drug-likeness (QED) is 0.687. The molecular formula is C15H14N4O3. The Morgan fingerprint density at radius 1 is 1.14 bits per heavy atom. The summed E-state index contributed by atoms with van der Waals surface area (Å²) < 4.78 is 11.4. The molecule has 7 nitrogen and oxygen atoms in total. The van der Waals surface area contributed by atoms with E-state index in [4.69, 9.17) is 4.74 Å². The van der Waals surface area contributed by atoms with E-state index in [2.05, 4.69) is 20.0 Å². The molecule has 0 radical (unpaired) electrons. The minimum atomic E-state index is -0.534. The van der Waals surface area contributed by atoms with Crippen LogP contribution in [0, 0.1) is 6.92 Å². The maximum Gasteiger partial charge on any atom is 0.360 e. The zero-order valence-corrected chi connectivity index (χ0v) is 12.4. The Labute approximate surface area is 126 Å². The largest absolute Gasteiger partial charge is 0.497 e. The number of carbonyl (C=O) groups is 1. The SMILES string of the molecule is COC(=O)c1nnc2c(-c3ccc(OC)cc3)cnn2c1C. The summed E-state index contributed by atoms with van der Waals surface area (Å²) in [6.45, 7) is 1.75. The molecule has 0 spiro atoms. The van der Waals surface area contributed by atoms with Crippen LogP contribution in [-0.4, -0.2) is 40.0 Å². The number of benzene rings is 1. The molecular weight excluding hydrogens is 284 g/mol. The number of nitrogens with zero attached hydrogens (tertiary/aromatic N) is 4. The first kappa shape index (κ1) is 14.0. The highest BCUT2D eigenvalue weighted by Gasteiger charge is 2.18. The number of carbonyl (C=O) groups excluding carboxylic acids is 1. The Kier molecular flexibility index (Phi) is 3.46. The maximum absolute atomic E-state index is 11.6. The summed E-state index contributed by atoms with van der Waals surface area (Å²) in [6.07, 6.45) is 1.69. The van der Waals surface area contributed by atoms with E-state index in [1.54, 1.807) is 24.7 Å². The van der Waals surface area contributed by atoms with E-state index < -0.39 is 5.97 Å². The van der Waals surface area contributed by atoms with Gasteiger partial charge in [0.15, 0.2) is 11.3 Å². The van der Waals surface area contributed by atoms with Crippen LogP contribution in [0.4, 0.5) is 0 Å². The first-order valence-electron chi connectivity index (χ1n) is 6.59. The van der Waals surface area contributed by atoms with Crippen molar-refractivity contribution in [3.05, 3.63) is 41.9 Å². The van der Waals surface area contributed by atoms with Gasteiger partial charge in [0.25, 0.3) is 0 Å². The van der Waals surface area contributed by atoms with E-state index in [-0.39, 0.29) is 5.69 Å². The number of fused-ring (bicyclic) bond motifs is 1. The summed E-state index contributed by atoms with van der Waals surface area (Å²) in [5, 5.41) is 12.4. The number of esters is 1. The molecule has 22 heavy (non-hydrogen) atoms. The van der Waals surface area contributed by atoms with Crippen LogP contribution in [0.3, 0.4) is 0 Å². The number of hydrogen-bond donors (Lipinski definition) is 0. The Morgan fingerprint density at radius 2 is 1.86 bits per heavy atom. The fraction of sp³-hybridized carbons (Fsp3) is 0.200. The fourth-order valence-corrected chi connectivity index (χ4v) is 2.21. The normalized spacial score (nSPS) is 10.7. The zero-order valence-electron chi connectivity index (χ0n) is 12.4. The predicted molar refractivity (Wildman–Crippen MR) is 78.8 cm³/mol. The first-order valence-corrected chi connectivity index (χ1v) is 6.59. The minimum absolute atomic E-state index is 0.152. The molecule has 0 aliphatic heterocycles. The highest BCUT2D eigenvalue weighted by Crippen LogP contribution is 2.25. The molecule has 0 aliphatic rings. The topological polar surface area (TPSA) is 78.6 Å². The van der Waals surface area contributed by atoms with Crippen LogP contribution in [0.15, 0.2) is 30.5 Å². The lowest BCUT2D eigenvalue weighted by Gasteiger charge is -2.05. The van der Waals surface area contributed by atoms with Crippen LogP contribution in [0.5, 0.6) is 5.75 Å². The van der Waals surface area contributed by atoms with Crippen molar-refractivity contribution in [2.75, 3.05) is 14.2 Å². The third-order valence-corrected chi connectivity index (χ3v) is 3.43. The van der Waals surface area contributed by atoms with Gasteiger partial charge in [-0.15, -0.1) is 10.2 Å². The van der Waals surface area contributed by atoms with Gasteiger partial charge in [-0.2, -0.15) is 5.10 Å². The molecule has 7 heteroatoms. The average Bonchev–Trinajstić information content (AvgIpc) is 2.99. The van der Waals surface area contributed by atoms with Crippen LogP contribution in [0.25, 0.3) is 16.8 Å². The Bertz CT molecular complexity index is 840. The molecule has 0 amide bonds. The van der Waals surface area contributed by atoms with Crippen molar-refractivity contribution in [2.24, 2.45) is 0 Å². The van der Waals surface area contributed by atoms with Crippen LogP contribution in [-0.2, 0) is 4.74 Å². The maximum atomic E-state index is 11.6. The van der Waals surface area contributed by atoms with Gasteiger partial charge in [-0.05, 0) is 24.6 Å². The van der Waals surface area contributed by atoms with Gasteiger partial charge >= 0.3 is 5.97 Å². The van der Waals surface area contributed by atoms with Crippen molar-refractivity contribution in [1.29, 1.82) is 0 Å². The zero-order chi connectivity index (χ0) is 15.7. The summed E-state index contributed by atoms with van der Waals surface area (Å²) in [5.41, 5.74) is 3.08. The van der Waals surface area contributed by atoms with Gasteiger partial charge in [-0.1, -0.05) is 12.1 Å². The predicted octanol–water partition coefficient (Wildman–Crippen LogP) is 1.89. The lowest BCUT2D eigenvalue weighted by atomic mass is 10.1. The molecule has 1 aromatic carbocycles. The van der Waals surface area contributed by atoms with Crippen LogP contribution < -0.4 is 4.74 Å². The van der Waals surface area contributed by atoms with Crippen LogP contribution in [0.2, 0.25) is 0 Å². The van der Waals surface area contributed by atoms with Gasteiger partial charge in [-0.25, -0.2) is 9.31 Å². The third-order valence-electron chi connectivity index (χ3n) is 3.43. The molecule has 0 bridgehead atoms. The van der Waals surface area contributed by atoms with Crippen LogP contribution in [0.1, 0.15) is 16.2 Å². The molecule has 2 aromatic heterocycles. The smallest absolute Gasteiger partial charge is 0.360 e. The number of rotatable bonds is 3. The van der Waals surface area contributed by atoms with Gasteiger partial charge < -0.3 is 9.47 Å². The fourth-order valence-electron chi connectivity index (χ4n) is 2.21. The molecule has 3 aromatic rings. The van der Waals surface area contributed by atoms with E-state index in [1.165, 1.54) is 7.11 Å².